The molecule has 0 atom stereocenters. The van der Waals surface area contributed by atoms with E-state index >= 15 is 0 Å². The van der Waals surface area contributed by atoms with Gasteiger partial charge in [-0.2, -0.15) is 0 Å². The third kappa shape index (κ3) is 8.00. The number of ether oxygens (including phenoxy) is 4. The Hall–Kier alpha value is -6.27. The summed E-state index contributed by atoms with van der Waals surface area (Å²) in [4.78, 5) is 7.65. The zero-order chi connectivity index (χ0) is 38.3. The van der Waals surface area contributed by atoms with Crippen molar-refractivity contribution >= 4 is 27.8 Å². The number of aromatic nitrogens is 1. The first kappa shape index (κ1) is 37.1. The fourth-order valence-electron chi connectivity index (χ4n) is 7.00. The molecule has 0 fully saturated rings. The molecular weight excluding hydrogens is 681 g/mol. The van der Waals surface area contributed by atoms with Gasteiger partial charge < -0.3 is 23.8 Å². The van der Waals surface area contributed by atoms with Crippen molar-refractivity contribution in [3.8, 4) is 56.6 Å². The van der Waals surface area contributed by atoms with E-state index in [1.165, 1.54) is 11.1 Å². The molecule has 7 aromatic rings. The van der Waals surface area contributed by atoms with Crippen LogP contribution in [0.4, 0.5) is 17.1 Å². The smallest absolute Gasteiger partial charge is 0.132 e. The largest absolute Gasteiger partial charge is 0.494 e. The van der Waals surface area contributed by atoms with Gasteiger partial charge >= 0.3 is 0 Å². The van der Waals surface area contributed by atoms with E-state index in [-0.39, 0.29) is 0 Å². The van der Waals surface area contributed by atoms with Crippen LogP contribution in [0.25, 0.3) is 44.4 Å². The van der Waals surface area contributed by atoms with Gasteiger partial charge in [0, 0.05) is 40.0 Å². The molecule has 278 valence electrons. The maximum atomic E-state index is 6.22. The minimum Gasteiger partial charge on any atom is -0.494 e. The minimum absolute atomic E-state index is 0.507. The van der Waals surface area contributed by atoms with Crippen LogP contribution in [-0.2, 0) is 0 Å². The number of aryl methyl sites for hydroxylation is 2. The maximum Gasteiger partial charge on any atom is 0.132 e. The molecule has 0 unspecified atom stereocenters. The van der Waals surface area contributed by atoms with Gasteiger partial charge in [0.15, 0.2) is 0 Å². The molecule has 0 aliphatic rings. The molecule has 0 saturated carbocycles. The van der Waals surface area contributed by atoms with E-state index < -0.39 is 0 Å². The first-order chi connectivity index (χ1) is 26.9. The second kappa shape index (κ2) is 16.8. The standard InChI is InChI=1S/C49H48N2O4/c1-7-52-38-23-25-43(48(31-38)54-9-3)45-29-35(30-46(50-45)44-26-24-39(53-8-2)32-49(44)55-10-4)40-27-28-47(42-14-12-11-13-41(40)42)51(36-19-15-33(5)16-20-36)37-21-17-34(6)18-22-37/h11-32H,7-10H2,1-6H3. The van der Waals surface area contributed by atoms with Crippen LogP contribution in [0.5, 0.6) is 23.0 Å². The molecule has 6 aromatic carbocycles. The van der Waals surface area contributed by atoms with Crippen molar-refractivity contribution in [2.75, 3.05) is 31.3 Å². The number of nitrogens with zero attached hydrogens (tertiary/aromatic N) is 2. The molecule has 6 heteroatoms. The highest BCUT2D eigenvalue weighted by Gasteiger charge is 2.20. The summed E-state index contributed by atoms with van der Waals surface area (Å²) in [5.74, 6) is 2.94. The van der Waals surface area contributed by atoms with E-state index in [1.54, 1.807) is 0 Å². The number of hydrogen-bond acceptors (Lipinski definition) is 6. The second-order valence-corrected chi connectivity index (χ2v) is 13.4. The third-order valence-electron chi connectivity index (χ3n) is 9.54. The van der Waals surface area contributed by atoms with Crippen molar-refractivity contribution in [2.45, 2.75) is 41.5 Å². The van der Waals surface area contributed by atoms with Crippen molar-refractivity contribution in [3.05, 3.63) is 145 Å². The lowest BCUT2D eigenvalue weighted by molar-refractivity contribution is 0.323. The Morgan fingerprint density at radius 2 is 0.909 bits per heavy atom. The fraction of sp³-hybridized carbons (Fsp3) is 0.204. The molecule has 0 amide bonds. The molecule has 1 aromatic heterocycles. The Morgan fingerprint density at radius 3 is 1.38 bits per heavy atom. The van der Waals surface area contributed by atoms with Gasteiger partial charge in [-0.05, 0) is 125 Å². The Kier molecular flexibility index (Phi) is 11.3. The summed E-state index contributed by atoms with van der Waals surface area (Å²) >= 11 is 0. The summed E-state index contributed by atoms with van der Waals surface area (Å²) in [7, 11) is 0. The summed E-state index contributed by atoms with van der Waals surface area (Å²) in [6, 6.07) is 46.8. The van der Waals surface area contributed by atoms with Crippen molar-refractivity contribution in [1.29, 1.82) is 0 Å². The summed E-state index contributed by atoms with van der Waals surface area (Å²) in [6.07, 6.45) is 0. The van der Waals surface area contributed by atoms with Crippen LogP contribution in [0.2, 0.25) is 0 Å². The first-order valence-corrected chi connectivity index (χ1v) is 19.2. The monoisotopic (exact) mass is 728 g/mol. The average molecular weight is 729 g/mol. The molecule has 55 heavy (non-hydrogen) atoms. The fourth-order valence-corrected chi connectivity index (χ4v) is 7.00. The van der Waals surface area contributed by atoms with Gasteiger partial charge in [0.25, 0.3) is 0 Å². The maximum absolute atomic E-state index is 6.22. The van der Waals surface area contributed by atoms with E-state index in [1.807, 2.05) is 64.1 Å². The molecule has 1 heterocycles. The van der Waals surface area contributed by atoms with Crippen molar-refractivity contribution in [1.82, 2.24) is 4.98 Å². The zero-order valence-electron chi connectivity index (χ0n) is 32.6. The van der Waals surface area contributed by atoms with Crippen LogP contribution >= 0.6 is 0 Å². The normalized spacial score (nSPS) is 11.0. The molecule has 7 rings (SSSR count). The molecule has 0 radical (unpaired) electrons. The van der Waals surface area contributed by atoms with Crippen LogP contribution in [0.3, 0.4) is 0 Å². The predicted octanol–water partition coefficient (Wildman–Crippen LogP) is 12.9. The summed E-state index contributed by atoms with van der Waals surface area (Å²) in [5.41, 5.74) is 11.2. The molecule has 0 spiro atoms. The summed E-state index contributed by atoms with van der Waals surface area (Å²) in [5, 5.41) is 2.26. The number of anilines is 3. The molecule has 0 bridgehead atoms. The van der Waals surface area contributed by atoms with Gasteiger partial charge in [-0.3, -0.25) is 0 Å². The molecule has 0 aliphatic carbocycles. The molecular formula is C49H48N2O4. The quantitative estimate of drug-likeness (QED) is 0.111. The van der Waals surface area contributed by atoms with Crippen molar-refractivity contribution in [2.24, 2.45) is 0 Å². The average Bonchev–Trinajstić information content (AvgIpc) is 3.20. The van der Waals surface area contributed by atoms with E-state index in [9.17, 15) is 0 Å². The van der Waals surface area contributed by atoms with Crippen LogP contribution in [0, 0.1) is 13.8 Å². The second-order valence-electron chi connectivity index (χ2n) is 13.4. The first-order valence-electron chi connectivity index (χ1n) is 19.2. The Balaban J connectivity index is 1.46. The molecule has 0 saturated heterocycles. The summed E-state index contributed by atoms with van der Waals surface area (Å²) < 4.78 is 24.2. The van der Waals surface area contributed by atoms with Gasteiger partial charge in [-0.1, -0.05) is 65.7 Å². The number of pyridine rings is 1. The number of hydrogen-bond donors (Lipinski definition) is 0. The zero-order valence-corrected chi connectivity index (χ0v) is 32.6. The van der Waals surface area contributed by atoms with Gasteiger partial charge in [0.1, 0.15) is 23.0 Å². The van der Waals surface area contributed by atoms with Gasteiger partial charge in [0.2, 0.25) is 0 Å². The van der Waals surface area contributed by atoms with E-state index in [4.69, 9.17) is 23.9 Å². The minimum atomic E-state index is 0.507. The topological polar surface area (TPSA) is 53.1 Å². The highest BCUT2D eigenvalue weighted by molar-refractivity contribution is 6.06. The highest BCUT2D eigenvalue weighted by Crippen LogP contribution is 2.44. The lowest BCUT2D eigenvalue weighted by Gasteiger charge is -2.28. The Bertz CT molecular complexity index is 2280. The number of fused-ring (bicyclic) bond motifs is 1. The molecule has 6 nitrogen and oxygen atoms in total. The van der Waals surface area contributed by atoms with Crippen molar-refractivity contribution in [3.63, 3.8) is 0 Å². The van der Waals surface area contributed by atoms with Gasteiger partial charge in [-0.25, -0.2) is 4.98 Å². The van der Waals surface area contributed by atoms with Gasteiger partial charge in [0.05, 0.1) is 43.5 Å². The van der Waals surface area contributed by atoms with E-state index in [0.717, 1.165) is 73.0 Å². The number of rotatable bonds is 14. The van der Waals surface area contributed by atoms with Crippen LogP contribution < -0.4 is 23.8 Å². The van der Waals surface area contributed by atoms with Gasteiger partial charge in [-0.15, -0.1) is 0 Å². The Labute approximate surface area is 324 Å². The molecule has 0 aliphatic heterocycles. The predicted molar refractivity (Wildman–Crippen MR) is 227 cm³/mol. The van der Waals surface area contributed by atoms with E-state index in [2.05, 4.69) is 116 Å². The Morgan fingerprint density at radius 1 is 0.455 bits per heavy atom. The van der Waals surface area contributed by atoms with E-state index in [0.29, 0.717) is 37.9 Å². The lowest BCUT2D eigenvalue weighted by Crippen LogP contribution is -2.10. The highest BCUT2D eigenvalue weighted by atomic mass is 16.5. The third-order valence-corrected chi connectivity index (χ3v) is 9.54. The van der Waals surface area contributed by atoms with Crippen LogP contribution in [-0.4, -0.2) is 31.4 Å². The number of benzene rings is 6. The SMILES string of the molecule is CCOc1ccc(-c2cc(-c3ccc(N(c4ccc(C)cc4)c4ccc(C)cc4)c4ccccc34)cc(-c3ccc(OCC)cc3OCC)n2)c(OCC)c1. The molecule has 0 N–H and O–H groups in total. The summed E-state index contributed by atoms with van der Waals surface area (Å²) in [6.45, 7) is 14.3. The lowest BCUT2D eigenvalue weighted by atomic mass is 9.94. The van der Waals surface area contributed by atoms with Crippen molar-refractivity contribution < 1.29 is 18.9 Å². The van der Waals surface area contributed by atoms with Crippen LogP contribution in [0.1, 0.15) is 38.8 Å². The van der Waals surface area contributed by atoms with Crippen LogP contribution in [0.15, 0.2) is 133 Å².